The van der Waals surface area contributed by atoms with Gasteiger partial charge in [0.2, 0.25) is 0 Å². The lowest BCUT2D eigenvalue weighted by Crippen LogP contribution is -2.24. The Morgan fingerprint density at radius 3 is 2.32 bits per heavy atom. The summed E-state index contributed by atoms with van der Waals surface area (Å²) in [6, 6.07) is 17.6. The lowest BCUT2D eigenvalue weighted by molar-refractivity contribution is 0.0421. The highest BCUT2D eigenvalue weighted by molar-refractivity contribution is 6.02. The van der Waals surface area contributed by atoms with E-state index in [1.54, 1.807) is 0 Å². The molecule has 2 heteroatoms. The molecule has 2 aromatic rings. The summed E-state index contributed by atoms with van der Waals surface area (Å²) in [5.41, 5.74) is 3.76. The molecule has 0 bridgehead atoms. The van der Waals surface area contributed by atoms with E-state index in [-0.39, 0.29) is 12.1 Å². The third-order valence-corrected chi connectivity index (χ3v) is 3.30. The van der Waals surface area contributed by atoms with Gasteiger partial charge in [0, 0.05) is 5.57 Å². The Kier molecular flexibility index (Phi) is 2.92. The molecule has 0 saturated carbocycles. The van der Waals surface area contributed by atoms with Crippen LogP contribution in [0.2, 0.25) is 0 Å². The second-order valence-corrected chi connectivity index (χ2v) is 4.60. The number of fused-ring (bicyclic) bond motifs is 1. The minimum absolute atomic E-state index is 0.220. The maximum Gasteiger partial charge on any atom is 0.339 e. The number of ether oxygens (including phenoxy) is 1. The van der Waals surface area contributed by atoms with Crippen molar-refractivity contribution in [3.63, 3.8) is 0 Å². The monoisotopic (exact) mass is 250 g/mol. The van der Waals surface area contributed by atoms with E-state index in [4.69, 9.17) is 4.74 Å². The fraction of sp³-hybridized carbons (Fsp3) is 0.118. The van der Waals surface area contributed by atoms with E-state index in [1.165, 1.54) is 0 Å². The summed E-state index contributed by atoms with van der Waals surface area (Å²) in [7, 11) is 0. The molecule has 1 aliphatic heterocycles. The van der Waals surface area contributed by atoms with E-state index in [0.717, 1.165) is 16.7 Å². The number of carbonyl (C=O) groups excluding carboxylic acids is 1. The van der Waals surface area contributed by atoms with Crippen LogP contribution in [0.5, 0.6) is 0 Å². The number of hydrogen-bond donors (Lipinski definition) is 0. The zero-order valence-corrected chi connectivity index (χ0v) is 10.7. The van der Waals surface area contributed by atoms with Gasteiger partial charge in [-0.15, -0.1) is 0 Å². The average molecular weight is 250 g/mol. The first-order chi connectivity index (χ1) is 9.25. The van der Waals surface area contributed by atoms with Crippen LogP contribution in [0.15, 0.2) is 54.6 Å². The highest BCUT2D eigenvalue weighted by Gasteiger charge is 2.27. The Balaban J connectivity index is 2.13. The number of rotatable bonds is 1. The lowest BCUT2D eigenvalue weighted by atomic mass is 9.92. The predicted molar refractivity (Wildman–Crippen MR) is 75.6 cm³/mol. The fourth-order valence-corrected chi connectivity index (χ4v) is 2.34. The SMILES string of the molecule is CC1OC(=O)c2ccccc2/C1=C/c1ccccc1. The zero-order chi connectivity index (χ0) is 13.2. The highest BCUT2D eigenvalue weighted by atomic mass is 16.5. The largest absolute Gasteiger partial charge is 0.454 e. The predicted octanol–water partition coefficient (Wildman–Crippen LogP) is 3.79. The molecule has 0 spiro atoms. The van der Waals surface area contributed by atoms with E-state index in [9.17, 15) is 4.79 Å². The lowest BCUT2D eigenvalue weighted by Gasteiger charge is -2.25. The zero-order valence-electron chi connectivity index (χ0n) is 10.7. The summed E-state index contributed by atoms with van der Waals surface area (Å²) in [5.74, 6) is -0.242. The van der Waals surface area contributed by atoms with Crippen molar-refractivity contribution in [3.05, 3.63) is 71.3 Å². The minimum atomic E-state index is -0.242. The normalized spacial score (nSPS) is 19.9. The first kappa shape index (κ1) is 11.7. The maximum atomic E-state index is 11.8. The van der Waals surface area contributed by atoms with E-state index in [2.05, 4.69) is 6.08 Å². The molecule has 3 rings (SSSR count). The van der Waals surface area contributed by atoms with Crippen LogP contribution in [0.1, 0.15) is 28.4 Å². The van der Waals surface area contributed by atoms with Crippen LogP contribution < -0.4 is 0 Å². The molecular formula is C17H14O2. The average Bonchev–Trinajstić information content (AvgIpc) is 2.45. The molecule has 2 aromatic carbocycles. The summed E-state index contributed by atoms with van der Waals surface area (Å²) in [4.78, 5) is 11.8. The fourth-order valence-electron chi connectivity index (χ4n) is 2.34. The second kappa shape index (κ2) is 4.73. The van der Waals surface area contributed by atoms with Crippen molar-refractivity contribution in [2.75, 3.05) is 0 Å². The van der Waals surface area contributed by atoms with Gasteiger partial charge in [-0.3, -0.25) is 0 Å². The van der Waals surface area contributed by atoms with Crippen molar-refractivity contribution < 1.29 is 9.53 Å². The Morgan fingerprint density at radius 2 is 1.58 bits per heavy atom. The molecule has 0 saturated heterocycles. The molecule has 1 unspecified atom stereocenters. The molecule has 0 radical (unpaired) electrons. The van der Waals surface area contributed by atoms with Crippen LogP contribution in [0.4, 0.5) is 0 Å². The van der Waals surface area contributed by atoms with Crippen molar-refractivity contribution >= 4 is 17.6 Å². The Hall–Kier alpha value is -2.35. The van der Waals surface area contributed by atoms with Crippen LogP contribution in [0.3, 0.4) is 0 Å². The molecule has 0 amide bonds. The quantitative estimate of drug-likeness (QED) is 0.720. The molecule has 1 atom stereocenters. The Bertz CT molecular complexity index is 641. The van der Waals surface area contributed by atoms with Crippen molar-refractivity contribution in [1.82, 2.24) is 0 Å². The van der Waals surface area contributed by atoms with Gasteiger partial charge in [-0.05, 0) is 30.2 Å². The Labute approximate surface area is 112 Å². The molecule has 1 heterocycles. The number of esters is 1. The highest BCUT2D eigenvalue weighted by Crippen LogP contribution is 2.31. The van der Waals surface area contributed by atoms with E-state index in [0.29, 0.717) is 5.56 Å². The minimum Gasteiger partial charge on any atom is -0.454 e. The number of hydrogen-bond acceptors (Lipinski definition) is 2. The van der Waals surface area contributed by atoms with E-state index in [1.807, 2.05) is 61.5 Å². The van der Waals surface area contributed by atoms with Crippen LogP contribution >= 0.6 is 0 Å². The van der Waals surface area contributed by atoms with Crippen LogP contribution in [-0.4, -0.2) is 12.1 Å². The topological polar surface area (TPSA) is 26.3 Å². The molecule has 0 N–H and O–H groups in total. The summed E-state index contributed by atoms with van der Waals surface area (Å²) in [6.45, 7) is 1.91. The van der Waals surface area contributed by atoms with Crippen LogP contribution in [-0.2, 0) is 4.74 Å². The van der Waals surface area contributed by atoms with E-state index >= 15 is 0 Å². The van der Waals surface area contributed by atoms with Crippen LogP contribution in [0.25, 0.3) is 11.6 Å². The number of carbonyl (C=O) groups is 1. The first-order valence-electron chi connectivity index (χ1n) is 6.33. The summed E-state index contributed by atoms with van der Waals surface area (Å²) >= 11 is 0. The summed E-state index contributed by atoms with van der Waals surface area (Å²) < 4.78 is 5.39. The molecular weight excluding hydrogens is 236 g/mol. The second-order valence-electron chi connectivity index (χ2n) is 4.60. The van der Waals surface area contributed by atoms with Crippen molar-refractivity contribution in [2.24, 2.45) is 0 Å². The first-order valence-corrected chi connectivity index (χ1v) is 6.33. The van der Waals surface area contributed by atoms with Gasteiger partial charge >= 0.3 is 5.97 Å². The number of cyclic esters (lactones) is 1. The molecule has 94 valence electrons. The molecule has 2 nitrogen and oxygen atoms in total. The van der Waals surface area contributed by atoms with Gasteiger partial charge in [-0.1, -0.05) is 48.5 Å². The van der Waals surface area contributed by atoms with Gasteiger partial charge in [-0.2, -0.15) is 0 Å². The summed E-state index contributed by atoms with van der Waals surface area (Å²) in [5, 5.41) is 0. The van der Waals surface area contributed by atoms with Gasteiger partial charge in [-0.25, -0.2) is 4.79 Å². The van der Waals surface area contributed by atoms with E-state index < -0.39 is 0 Å². The smallest absolute Gasteiger partial charge is 0.339 e. The molecule has 0 fully saturated rings. The maximum absolute atomic E-state index is 11.8. The van der Waals surface area contributed by atoms with Gasteiger partial charge in [0.1, 0.15) is 6.10 Å². The van der Waals surface area contributed by atoms with Crippen molar-refractivity contribution in [2.45, 2.75) is 13.0 Å². The molecule has 0 aliphatic carbocycles. The van der Waals surface area contributed by atoms with Crippen molar-refractivity contribution in [3.8, 4) is 0 Å². The third-order valence-electron chi connectivity index (χ3n) is 3.30. The van der Waals surface area contributed by atoms with Gasteiger partial charge in [0.25, 0.3) is 0 Å². The van der Waals surface area contributed by atoms with Gasteiger partial charge < -0.3 is 4.74 Å². The van der Waals surface area contributed by atoms with Crippen molar-refractivity contribution in [1.29, 1.82) is 0 Å². The molecule has 19 heavy (non-hydrogen) atoms. The van der Waals surface area contributed by atoms with Gasteiger partial charge in [0.05, 0.1) is 5.56 Å². The summed E-state index contributed by atoms with van der Waals surface area (Å²) in [6.07, 6.45) is 1.86. The van der Waals surface area contributed by atoms with Gasteiger partial charge in [0.15, 0.2) is 0 Å². The Morgan fingerprint density at radius 1 is 0.947 bits per heavy atom. The molecule has 0 aromatic heterocycles. The standard InChI is InChI=1S/C17H14O2/c1-12-16(11-13-7-3-2-4-8-13)14-9-5-6-10-15(14)17(18)19-12/h2-12H,1H3/b16-11+. The van der Waals surface area contributed by atoms with Crippen LogP contribution in [0, 0.1) is 0 Å². The third kappa shape index (κ3) is 2.17. The molecule has 1 aliphatic rings. The number of benzene rings is 2.